The molecule has 2 aromatic heterocycles. The molecule has 0 spiro atoms. The molecule has 5 rings (SSSR count). The Hall–Kier alpha value is -2.79. The van der Waals surface area contributed by atoms with Crippen LogP contribution in [0.5, 0.6) is 0 Å². The summed E-state index contributed by atoms with van der Waals surface area (Å²) in [4.78, 5) is 25.0. The number of aromatic nitrogens is 3. The fraction of sp³-hybridized carbons (Fsp3) is 0.286. The Bertz CT molecular complexity index is 1000. The topological polar surface area (TPSA) is 70.7 Å². The highest BCUT2D eigenvalue weighted by molar-refractivity contribution is 5.59. The minimum atomic E-state index is -0.179. The van der Waals surface area contributed by atoms with Gasteiger partial charge < -0.3 is 10.3 Å². The maximum atomic E-state index is 12.5. The fourth-order valence-corrected chi connectivity index (χ4v) is 3.82. The molecule has 0 bridgehead atoms. The zero-order valence-electron chi connectivity index (χ0n) is 14.5. The summed E-state index contributed by atoms with van der Waals surface area (Å²) in [5.41, 5.74) is 4.75. The molecule has 5 nitrogen and oxygen atoms in total. The monoisotopic (exact) mass is 344 g/mol. The van der Waals surface area contributed by atoms with Crippen LogP contribution < -0.4 is 10.9 Å². The van der Waals surface area contributed by atoms with E-state index in [0.29, 0.717) is 6.54 Å². The molecule has 1 saturated carbocycles. The Balaban J connectivity index is 1.52. The third-order valence-electron chi connectivity index (χ3n) is 5.53. The number of benzene rings is 1. The van der Waals surface area contributed by atoms with Crippen LogP contribution in [0.1, 0.15) is 35.5 Å². The van der Waals surface area contributed by atoms with E-state index in [1.165, 1.54) is 0 Å². The highest BCUT2D eigenvalue weighted by Gasteiger charge is 2.49. The molecule has 3 aromatic rings. The number of fused-ring (bicyclic) bond motifs is 1. The summed E-state index contributed by atoms with van der Waals surface area (Å²) in [7, 11) is 0. The van der Waals surface area contributed by atoms with E-state index in [1.54, 1.807) is 0 Å². The lowest BCUT2D eigenvalue weighted by Gasteiger charge is -2.20. The van der Waals surface area contributed by atoms with Gasteiger partial charge in [0.2, 0.25) is 0 Å². The Morgan fingerprint density at radius 3 is 2.62 bits per heavy atom. The number of hydrogen-bond acceptors (Lipinski definition) is 4. The van der Waals surface area contributed by atoms with Crippen LogP contribution in [0.2, 0.25) is 0 Å². The van der Waals surface area contributed by atoms with E-state index < -0.39 is 0 Å². The second-order valence-electron chi connectivity index (χ2n) is 7.15. The third-order valence-corrected chi connectivity index (χ3v) is 5.53. The van der Waals surface area contributed by atoms with Crippen LogP contribution in [0.4, 0.5) is 0 Å². The average molecular weight is 344 g/mol. The predicted octanol–water partition coefficient (Wildman–Crippen LogP) is 2.56. The van der Waals surface area contributed by atoms with Crippen molar-refractivity contribution >= 4 is 0 Å². The first-order valence-corrected chi connectivity index (χ1v) is 9.11. The SMILES string of the molecule is O=c1[nH]c(C2(c3ccc(-c4ccccc4)nc3)CC2)nc2c1CNCC2. The Kier molecular flexibility index (Phi) is 3.50. The molecule has 1 aliphatic heterocycles. The summed E-state index contributed by atoms with van der Waals surface area (Å²) < 4.78 is 0. The van der Waals surface area contributed by atoms with Crippen LogP contribution in [-0.4, -0.2) is 21.5 Å². The van der Waals surface area contributed by atoms with Gasteiger partial charge in [-0.3, -0.25) is 9.78 Å². The first kappa shape index (κ1) is 15.5. The average Bonchev–Trinajstić information content (AvgIpc) is 3.51. The van der Waals surface area contributed by atoms with Crippen molar-refractivity contribution in [1.82, 2.24) is 20.3 Å². The molecular weight excluding hydrogens is 324 g/mol. The third kappa shape index (κ3) is 2.47. The van der Waals surface area contributed by atoms with Crippen molar-refractivity contribution in [1.29, 1.82) is 0 Å². The Labute approximate surface area is 151 Å². The quantitative estimate of drug-likeness (QED) is 0.766. The van der Waals surface area contributed by atoms with Crippen molar-refractivity contribution in [2.75, 3.05) is 6.54 Å². The van der Waals surface area contributed by atoms with E-state index in [1.807, 2.05) is 24.4 Å². The van der Waals surface area contributed by atoms with Gasteiger partial charge in [-0.15, -0.1) is 0 Å². The summed E-state index contributed by atoms with van der Waals surface area (Å²) in [5, 5.41) is 3.24. The van der Waals surface area contributed by atoms with Gasteiger partial charge in [-0.25, -0.2) is 4.98 Å². The van der Waals surface area contributed by atoms with E-state index in [-0.39, 0.29) is 11.0 Å². The van der Waals surface area contributed by atoms with Gasteiger partial charge >= 0.3 is 0 Å². The van der Waals surface area contributed by atoms with Crippen LogP contribution in [0.15, 0.2) is 53.5 Å². The molecule has 0 radical (unpaired) electrons. The normalized spacial score (nSPS) is 17.5. The molecule has 0 amide bonds. The first-order chi connectivity index (χ1) is 12.8. The van der Waals surface area contributed by atoms with E-state index in [4.69, 9.17) is 4.98 Å². The lowest BCUT2D eigenvalue weighted by Crippen LogP contribution is -2.33. The molecule has 0 unspecified atom stereocenters. The molecular formula is C21H20N4O. The molecule has 5 heteroatoms. The number of pyridine rings is 1. The van der Waals surface area contributed by atoms with Gasteiger partial charge in [-0.1, -0.05) is 36.4 Å². The van der Waals surface area contributed by atoms with E-state index >= 15 is 0 Å². The Morgan fingerprint density at radius 2 is 1.88 bits per heavy atom. The van der Waals surface area contributed by atoms with Gasteiger partial charge in [0.15, 0.2) is 0 Å². The van der Waals surface area contributed by atoms with Crippen molar-refractivity contribution in [3.05, 3.63) is 81.7 Å². The van der Waals surface area contributed by atoms with Gasteiger partial charge in [-0.2, -0.15) is 0 Å². The van der Waals surface area contributed by atoms with Crippen LogP contribution in [0, 0.1) is 0 Å². The number of hydrogen-bond donors (Lipinski definition) is 2. The first-order valence-electron chi connectivity index (χ1n) is 9.11. The summed E-state index contributed by atoms with van der Waals surface area (Å²) in [6.07, 6.45) is 4.75. The minimum absolute atomic E-state index is 0.00246. The highest BCUT2D eigenvalue weighted by Crippen LogP contribution is 2.52. The maximum absolute atomic E-state index is 12.5. The highest BCUT2D eigenvalue weighted by atomic mass is 16.1. The van der Waals surface area contributed by atoms with Crippen molar-refractivity contribution in [3.8, 4) is 11.3 Å². The van der Waals surface area contributed by atoms with Crippen molar-refractivity contribution in [2.24, 2.45) is 0 Å². The zero-order valence-corrected chi connectivity index (χ0v) is 14.5. The summed E-state index contributed by atoms with van der Waals surface area (Å²) in [5.74, 6) is 0.803. The maximum Gasteiger partial charge on any atom is 0.255 e. The second-order valence-corrected chi connectivity index (χ2v) is 7.15. The van der Waals surface area contributed by atoms with Crippen molar-refractivity contribution < 1.29 is 0 Å². The second kappa shape index (κ2) is 5.88. The number of aromatic amines is 1. The summed E-state index contributed by atoms with van der Waals surface area (Å²) in [6.45, 7) is 1.49. The molecule has 0 atom stereocenters. The van der Waals surface area contributed by atoms with Gasteiger partial charge in [0.25, 0.3) is 5.56 Å². The molecule has 2 aliphatic rings. The molecule has 0 saturated heterocycles. The fourth-order valence-electron chi connectivity index (χ4n) is 3.82. The summed E-state index contributed by atoms with van der Waals surface area (Å²) in [6, 6.07) is 14.4. The number of nitrogens with one attached hydrogen (secondary N) is 2. The molecule has 1 fully saturated rings. The van der Waals surface area contributed by atoms with Gasteiger partial charge in [0, 0.05) is 31.3 Å². The van der Waals surface area contributed by atoms with Gasteiger partial charge in [0.1, 0.15) is 5.82 Å². The smallest absolute Gasteiger partial charge is 0.255 e. The van der Waals surface area contributed by atoms with E-state index in [2.05, 4.69) is 39.6 Å². The molecule has 3 heterocycles. The van der Waals surface area contributed by atoms with Crippen LogP contribution in [0.25, 0.3) is 11.3 Å². The molecule has 26 heavy (non-hydrogen) atoms. The van der Waals surface area contributed by atoms with Crippen LogP contribution in [-0.2, 0) is 18.4 Å². The van der Waals surface area contributed by atoms with Gasteiger partial charge in [-0.05, 0) is 24.5 Å². The molecule has 1 aliphatic carbocycles. The van der Waals surface area contributed by atoms with E-state index in [9.17, 15) is 4.79 Å². The lowest BCUT2D eigenvalue weighted by atomic mass is 9.95. The van der Waals surface area contributed by atoms with Crippen LogP contribution >= 0.6 is 0 Å². The molecule has 2 N–H and O–H groups in total. The van der Waals surface area contributed by atoms with Crippen molar-refractivity contribution in [2.45, 2.75) is 31.2 Å². The standard InChI is InChI=1S/C21H20N4O/c26-19-16-13-22-11-8-18(16)24-20(25-19)21(9-10-21)15-6-7-17(23-12-15)14-4-2-1-3-5-14/h1-7,12,22H,8-11,13H2,(H,24,25,26). The predicted molar refractivity (Wildman–Crippen MR) is 100.0 cm³/mol. The molecule has 130 valence electrons. The lowest BCUT2D eigenvalue weighted by molar-refractivity contribution is 0.604. The zero-order chi connectivity index (χ0) is 17.6. The van der Waals surface area contributed by atoms with Crippen molar-refractivity contribution in [3.63, 3.8) is 0 Å². The van der Waals surface area contributed by atoms with E-state index in [0.717, 1.165) is 59.7 Å². The van der Waals surface area contributed by atoms with Crippen LogP contribution in [0.3, 0.4) is 0 Å². The Morgan fingerprint density at radius 1 is 1.04 bits per heavy atom. The minimum Gasteiger partial charge on any atom is -0.312 e. The van der Waals surface area contributed by atoms with Gasteiger partial charge in [0.05, 0.1) is 22.4 Å². The number of rotatable bonds is 3. The number of nitrogens with zero attached hydrogens (tertiary/aromatic N) is 2. The number of H-pyrrole nitrogens is 1. The summed E-state index contributed by atoms with van der Waals surface area (Å²) >= 11 is 0. The largest absolute Gasteiger partial charge is 0.312 e. The molecule has 1 aromatic carbocycles.